The maximum Gasteiger partial charge on any atom is 0.279 e. The molecule has 3 rings (SSSR count). The summed E-state index contributed by atoms with van der Waals surface area (Å²) in [4.78, 5) is 2.39. The normalized spacial score (nSPS) is 24.1. The second-order valence-electron chi connectivity index (χ2n) is 7.26. The highest BCUT2D eigenvalue weighted by Crippen LogP contribution is 2.26. The minimum Gasteiger partial charge on any atom is -0.301 e. The Kier molecular flexibility index (Phi) is 6.87. The zero-order valence-electron chi connectivity index (χ0n) is 15.1. The van der Waals surface area contributed by atoms with Gasteiger partial charge >= 0.3 is 0 Å². The Morgan fingerprint density at radius 2 is 1.68 bits per heavy atom. The van der Waals surface area contributed by atoms with Crippen molar-refractivity contribution in [2.75, 3.05) is 39.3 Å². The molecule has 25 heavy (non-hydrogen) atoms. The number of likely N-dealkylation sites (tertiary alicyclic amines) is 1. The van der Waals surface area contributed by atoms with E-state index in [0.29, 0.717) is 25.6 Å². The van der Waals surface area contributed by atoms with Crippen molar-refractivity contribution in [3.8, 4) is 0 Å². The summed E-state index contributed by atoms with van der Waals surface area (Å²) < 4.78 is 29.4. The minimum absolute atomic E-state index is 0.500. The van der Waals surface area contributed by atoms with Crippen LogP contribution in [-0.2, 0) is 10.2 Å². The summed E-state index contributed by atoms with van der Waals surface area (Å²) >= 11 is 0. The molecule has 2 fully saturated rings. The highest BCUT2D eigenvalue weighted by molar-refractivity contribution is 7.87. The van der Waals surface area contributed by atoms with Crippen LogP contribution in [0.4, 0.5) is 0 Å². The standard InChI is InChI=1S/C19H31N3O2S/c23-25(24,22-14-6-1-2-7-15-22)20-12-16-21-13-8-11-19(17-21)18-9-4-3-5-10-18/h3-5,9-10,19-20H,1-2,6-8,11-17H2. The molecule has 0 saturated carbocycles. The van der Waals surface area contributed by atoms with Crippen LogP contribution in [0.3, 0.4) is 0 Å². The van der Waals surface area contributed by atoms with Crippen LogP contribution in [0.25, 0.3) is 0 Å². The second-order valence-corrected chi connectivity index (χ2v) is 9.02. The first kappa shape index (κ1) is 18.8. The molecule has 0 bridgehead atoms. The van der Waals surface area contributed by atoms with Gasteiger partial charge in [-0.2, -0.15) is 12.7 Å². The highest BCUT2D eigenvalue weighted by atomic mass is 32.2. The Hall–Kier alpha value is -0.950. The van der Waals surface area contributed by atoms with Gasteiger partial charge in [0.25, 0.3) is 10.2 Å². The molecule has 0 aliphatic carbocycles. The molecule has 6 heteroatoms. The molecule has 0 radical (unpaired) electrons. The van der Waals surface area contributed by atoms with Crippen LogP contribution in [0, 0.1) is 0 Å². The van der Waals surface area contributed by atoms with Gasteiger partial charge in [-0.3, -0.25) is 0 Å². The zero-order chi connectivity index (χ0) is 17.5. The van der Waals surface area contributed by atoms with Gasteiger partial charge in [-0.25, -0.2) is 4.72 Å². The Morgan fingerprint density at radius 3 is 2.40 bits per heavy atom. The van der Waals surface area contributed by atoms with Crippen molar-refractivity contribution in [2.24, 2.45) is 0 Å². The van der Waals surface area contributed by atoms with E-state index in [4.69, 9.17) is 0 Å². The largest absolute Gasteiger partial charge is 0.301 e. The Bertz CT molecular complexity index is 613. The molecule has 1 N–H and O–H groups in total. The molecule has 140 valence electrons. The van der Waals surface area contributed by atoms with Crippen LogP contribution in [0.15, 0.2) is 30.3 Å². The van der Waals surface area contributed by atoms with Gasteiger partial charge in [0.15, 0.2) is 0 Å². The van der Waals surface area contributed by atoms with Crippen LogP contribution >= 0.6 is 0 Å². The monoisotopic (exact) mass is 365 g/mol. The lowest BCUT2D eigenvalue weighted by atomic mass is 9.91. The predicted molar refractivity (Wildman–Crippen MR) is 102 cm³/mol. The van der Waals surface area contributed by atoms with Crippen molar-refractivity contribution in [1.29, 1.82) is 0 Å². The van der Waals surface area contributed by atoms with Gasteiger partial charge in [-0.05, 0) is 43.7 Å². The number of hydrogen-bond donors (Lipinski definition) is 1. The van der Waals surface area contributed by atoms with Crippen molar-refractivity contribution in [3.05, 3.63) is 35.9 Å². The molecular formula is C19H31N3O2S. The Morgan fingerprint density at radius 1 is 0.960 bits per heavy atom. The average molecular weight is 366 g/mol. The second kappa shape index (κ2) is 9.12. The van der Waals surface area contributed by atoms with Crippen molar-refractivity contribution < 1.29 is 8.42 Å². The van der Waals surface area contributed by atoms with E-state index < -0.39 is 10.2 Å². The van der Waals surface area contributed by atoms with E-state index >= 15 is 0 Å². The smallest absolute Gasteiger partial charge is 0.279 e. The van der Waals surface area contributed by atoms with Crippen molar-refractivity contribution in [3.63, 3.8) is 0 Å². The van der Waals surface area contributed by atoms with Crippen LogP contribution in [0.2, 0.25) is 0 Å². The highest BCUT2D eigenvalue weighted by Gasteiger charge is 2.24. The van der Waals surface area contributed by atoms with E-state index in [0.717, 1.165) is 45.3 Å². The van der Waals surface area contributed by atoms with Crippen LogP contribution in [0.5, 0.6) is 0 Å². The SMILES string of the molecule is O=S(=O)(NCCN1CCCC(c2ccccc2)C1)N1CCCCCC1. The van der Waals surface area contributed by atoms with E-state index in [9.17, 15) is 8.42 Å². The first-order valence-corrected chi connectivity index (χ1v) is 11.1. The third kappa shape index (κ3) is 5.51. The number of piperidine rings is 1. The van der Waals surface area contributed by atoms with Gasteiger partial charge < -0.3 is 4.90 Å². The molecule has 0 aromatic heterocycles. The maximum absolute atomic E-state index is 12.5. The van der Waals surface area contributed by atoms with E-state index in [1.165, 1.54) is 18.4 Å². The molecule has 0 spiro atoms. The number of rotatable bonds is 6. The molecule has 2 aliphatic heterocycles. The third-order valence-electron chi connectivity index (χ3n) is 5.39. The fourth-order valence-corrected chi connectivity index (χ4v) is 5.23. The number of benzene rings is 1. The summed E-state index contributed by atoms with van der Waals surface area (Å²) in [5, 5.41) is 0. The van der Waals surface area contributed by atoms with Gasteiger partial charge in [-0.1, -0.05) is 43.2 Å². The fraction of sp³-hybridized carbons (Fsp3) is 0.684. The average Bonchev–Trinajstić information content (AvgIpc) is 2.93. The molecule has 0 amide bonds. The summed E-state index contributed by atoms with van der Waals surface area (Å²) in [7, 11) is -3.32. The summed E-state index contributed by atoms with van der Waals surface area (Å²) in [6.45, 7) is 4.70. The summed E-state index contributed by atoms with van der Waals surface area (Å²) in [6, 6.07) is 10.7. The molecule has 5 nitrogen and oxygen atoms in total. The summed E-state index contributed by atoms with van der Waals surface area (Å²) in [5.41, 5.74) is 1.40. The van der Waals surface area contributed by atoms with Crippen LogP contribution in [-0.4, -0.2) is 56.9 Å². The van der Waals surface area contributed by atoms with Gasteiger partial charge in [0, 0.05) is 32.7 Å². The predicted octanol–water partition coefficient (Wildman–Crippen LogP) is 2.58. The van der Waals surface area contributed by atoms with Crippen LogP contribution < -0.4 is 4.72 Å². The van der Waals surface area contributed by atoms with Gasteiger partial charge in [0.2, 0.25) is 0 Å². The van der Waals surface area contributed by atoms with Crippen molar-refractivity contribution >= 4 is 10.2 Å². The molecule has 1 aromatic rings. The number of nitrogens with one attached hydrogen (secondary N) is 1. The van der Waals surface area contributed by atoms with Crippen molar-refractivity contribution in [1.82, 2.24) is 13.9 Å². The van der Waals surface area contributed by atoms with E-state index in [1.807, 2.05) is 0 Å². The van der Waals surface area contributed by atoms with E-state index in [2.05, 4.69) is 40.0 Å². The van der Waals surface area contributed by atoms with Gasteiger partial charge in [0.05, 0.1) is 0 Å². The quantitative estimate of drug-likeness (QED) is 0.843. The lowest BCUT2D eigenvalue weighted by molar-refractivity contribution is 0.211. The summed E-state index contributed by atoms with van der Waals surface area (Å²) in [6.07, 6.45) is 6.64. The van der Waals surface area contributed by atoms with E-state index in [-0.39, 0.29) is 0 Å². The number of nitrogens with zero attached hydrogens (tertiary/aromatic N) is 2. The first-order valence-electron chi connectivity index (χ1n) is 9.67. The zero-order valence-corrected chi connectivity index (χ0v) is 15.9. The maximum atomic E-state index is 12.5. The Balaban J connectivity index is 1.46. The minimum atomic E-state index is -3.32. The molecule has 2 aliphatic rings. The Labute approximate surface area is 152 Å². The van der Waals surface area contributed by atoms with Crippen molar-refractivity contribution in [2.45, 2.75) is 44.4 Å². The van der Waals surface area contributed by atoms with Gasteiger partial charge in [0.1, 0.15) is 0 Å². The van der Waals surface area contributed by atoms with Gasteiger partial charge in [-0.15, -0.1) is 0 Å². The molecule has 1 atom stereocenters. The lowest BCUT2D eigenvalue weighted by Gasteiger charge is -2.33. The topological polar surface area (TPSA) is 52.7 Å². The lowest BCUT2D eigenvalue weighted by Crippen LogP contribution is -2.45. The molecule has 1 aromatic carbocycles. The fourth-order valence-electron chi connectivity index (χ4n) is 3.96. The first-order chi connectivity index (χ1) is 12.1. The molecule has 2 saturated heterocycles. The van der Waals surface area contributed by atoms with Crippen LogP contribution in [0.1, 0.15) is 50.0 Å². The molecule has 1 unspecified atom stereocenters. The summed E-state index contributed by atoms with van der Waals surface area (Å²) in [5.74, 6) is 0.567. The van der Waals surface area contributed by atoms with E-state index in [1.54, 1.807) is 4.31 Å². The molecular weight excluding hydrogens is 334 g/mol. The number of hydrogen-bond acceptors (Lipinski definition) is 3. The third-order valence-corrected chi connectivity index (χ3v) is 7.01. The molecule has 2 heterocycles.